The predicted octanol–water partition coefficient (Wildman–Crippen LogP) is 3.19. The number of carbonyl (C=O) groups excluding carboxylic acids is 1. The first-order valence-corrected chi connectivity index (χ1v) is 9.76. The minimum Gasteiger partial charge on any atom is -0.340 e. The first-order valence-electron chi connectivity index (χ1n) is 9.76. The van der Waals surface area contributed by atoms with E-state index >= 15 is 0 Å². The van der Waals surface area contributed by atoms with Crippen LogP contribution in [0.3, 0.4) is 0 Å². The molecule has 146 valence electrons. The Kier molecular flexibility index (Phi) is 5.00. The van der Waals surface area contributed by atoms with Crippen LogP contribution in [0.1, 0.15) is 35.8 Å². The maximum atomic E-state index is 12.9. The molecule has 7 nitrogen and oxygen atoms in total. The van der Waals surface area contributed by atoms with Crippen LogP contribution < -0.4 is 10.6 Å². The Bertz CT molecular complexity index is 994. The Morgan fingerprint density at radius 3 is 2.79 bits per heavy atom. The van der Waals surface area contributed by atoms with E-state index in [2.05, 4.69) is 39.3 Å². The lowest BCUT2D eigenvalue weighted by Gasteiger charge is -2.23. The van der Waals surface area contributed by atoms with Crippen LogP contribution in [0.2, 0.25) is 0 Å². The van der Waals surface area contributed by atoms with Gasteiger partial charge in [0.15, 0.2) is 0 Å². The Labute approximate surface area is 164 Å². The van der Waals surface area contributed by atoms with Gasteiger partial charge in [-0.1, -0.05) is 24.6 Å². The highest BCUT2D eigenvalue weighted by Gasteiger charge is 2.26. The molecule has 28 heavy (non-hydrogen) atoms. The summed E-state index contributed by atoms with van der Waals surface area (Å²) >= 11 is 0. The number of rotatable bonds is 5. The van der Waals surface area contributed by atoms with Gasteiger partial charge in [-0.3, -0.25) is 9.69 Å². The Hall–Kier alpha value is -2.93. The van der Waals surface area contributed by atoms with Crippen LogP contribution in [0, 0.1) is 6.92 Å². The van der Waals surface area contributed by atoms with Crippen LogP contribution in [0.25, 0.3) is 11.0 Å². The van der Waals surface area contributed by atoms with Crippen LogP contribution in [-0.4, -0.2) is 44.6 Å². The Morgan fingerprint density at radius 2 is 2.04 bits per heavy atom. The van der Waals surface area contributed by atoms with E-state index in [0.29, 0.717) is 11.5 Å². The summed E-state index contributed by atoms with van der Waals surface area (Å²) in [6.07, 6.45) is 3.73. The lowest BCUT2D eigenvalue weighted by molar-refractivity contribution is 0.0882. The number of carbonyl (C=O) groups is 1. The topological polar surface area (TPSA) is 75.1 Å². The van der Waals surface area contributed by atoms with Crippen LogP contribution in [0.15, 0.2) is 36.7 Å². The van der Waals surface area contributed by atoms with Gasteiger partial charge in [-0.15, -0.1) is 0 Å². The number of aryl methyl sites for hydroxylation is 2. The van der Waals surface area contributed by atoms with Gasteiger partial charge in [0.25, 0.3) is 5.91 Å². The van der Waals surface area contributed by atoms with E-state index in [-0.39, 0.29) is 12.1 Å². The predicted molar refractivity (Wildman–Crippen MR) is 111 cm³/mol. The van der Waals surface area contributed by atoms with Crippen molar-refractivity contribution in [3.63, 3.8) is 0 Å². The smallest absolute Gasteiger partial charge is 0.269 e. The summed E-state index contributed by atoms with van der Waals surface area (Å²) in [5, 5.41) is 7.34. The van der Waals surface area contributed by atoms with Gasteiger partial charge in [-0.25, -0.2) is 9.97 Å². The third-order valence-corrected chi connectivity index (χ3v) is 5.44. The molecule has 7 heteroatoms. The minimum atomic E-state index is -0.0767. The molecule has 1 aliphatic rings. The fourth-order valence-corrected chi connectivity index (χ4v) is 3.82. The zero-order chi connectivity index (χ0) is 19.7. The second-order valence-corrected chi connectivity index (χ2v) is 7.30. The molecule has 1 aromatic carbocycles. The minimum absolute atomic E-state index is 0.0767. The van der Waals surface area contributed by atoms with Crippen molar-refractivity contribution in [3.05, 3.63) is 47.9 Å². The molecule has 1 amide bonds. The number of fused-ring (bicyclic) bond motifs is 1. The molecule has 3 aromatic rings. The van der Waals surface area contributed by atoms with Gasteiger partial charge >= 0.3 is 0 Å². The summed E-state index contributed by atoms with van der Waals surface area (Å²) in [5.41, 5.74) is 3.47. The molecule has 1 fully saturated rings. The van der Waals surface area contributed by atoms with E-state index in [1.165, 1.54) is 11.9 Å². The number of nitrogens with zero attached hydrogens (tertiary/aromatic N) is 4. The van der Waals surface area contributed by atoms with Gasteiger partial charge in [0.2, 0.25) is 0 Å². The molecule has 0 radical (unpaired) electrons. The lowest BCUT2D eigenvalue weighted by Crippen LogP contribution is -2.44. The molecular formula is C21H26N6O. The molecular weight excluding hydrogens is 352 g/mol. The molecule has 0 saturated carbocycles. The van der Waals surface area contributed by atoms with E-state index in [1.54, 1.807) is 0 Å². The molecule has 1 atom stereocenters. The van der Waals surface area contributed by atoms with E-state index in [0.717, 1.165) is 42.7 Å². The van der Waals surface area contributed by atoms with E-state index in [1.807, 2.05) is 41.9 Å². The molecule has 0 bridgehead atoms. The molecule has 1 saturated heterocycles. The highest BCUT2D eigenvalue weighted by Crippen LogP contribution is 2.26. The van der Waals surface area contributed by atoms with Crippen molar-refractivity contribution in [2.45, 2.75) is 32.9 Å². The summed E-state index contributed by atoms with van der Waals surface area (Å²) in [4.78, 5) is 24.0. The zero-order valence-corrected chi connectivity index (χ0v) is 16.6. The molecule has 3 heterocycles. The number of aromatic nitrogens is 3. The number of hydrogen-bond donors (Lipinski definition) is 2. The first kappa shape index (κ1) is 18.4. The fraction of sp³-hybridized carbons (Fsp3) is 0.381. The van der Waals surface area contributed by atoms with Crippen LogP contribution in [0.4, 0.5) is 11.5 Å². The van der Waals surface area contributed by atoms with E-state index in [9.17, 15) is 4.79 Å². The number of benzene rings is 1. The van der Waals surface area contributed by atoms with Crippen molar-refractivity contribution in [2.75, 3.05) is 18.4 Å². The van der Waals surface area contributed by atoms with E-state index < -0.39 is 0 Å². The second kappa shape index (κ2) is 7.59. The average Bonchev–Trinajstić information content (AvgIpc) is 3.28. The van der Waals surface area contributed by atoms with Crippen molar-refractivity contribution in [1.29, 1.82) is 0 Å². The van der Waals surface area contributed by atoms with Crippen molar-refractivity contribution >= 4 is 28.4 Å². The lowest BCUT2D eigenvalue weighted by atomic mass is 10.2. The van der Waals surface area contributed by atoms with Gasteiger partial charge < -0.3 is 15.2 Å². The quantitative estimate of drug-likeness (QED) is 0.713. The molecule has 0 spiro atoms. The van der Waals surface area contributed by atoms with Gasteiger partial charge in [0, 0.05) is 19.3 Å². The van der Waals surface area contributed by atoms with Crippen molar-refractivity contribution in [3.8, 4) is 0 Å². The number of anilines is 2. The van der Waals surface area contributed by atoms with Crippen molar-refractivity contribution < 1.29 is 4.79 Å². The molecule has 4 rings (SSSR count). The third kappa shape index (κ3) is 3.45. The monoisotopic (exact) mass is 378 g/mol. The highest BCUT2D eigenvalue weighted by atomic mass is 16.2. The average molecular weight is 378 g/mol. The Morgan fingerprint density at radius 1 is 1.25 bits per heavy atom. The maximum Gasteiger partial charge on any atom is 0.269 e. The van der Waals surface area contributed by atoms with Gasteiger partial charge in [0.1, 0.15) is 23.5 Å². The summed E-state index contributed by atoms with van der Waals surface area (Å²) in [6.45, 7) is 6.15. The summed E-state index contributed by atoms with van der Waals surface area (Å²) in [5.74, 6) is 0.617. The molecule has 1 unspecified atom stereocenters. The van der Waals surface area contributed by atoms with E-state index in [4.69, 9.17) is 0 Å². The van der Waals surface area contributed by atoms with Crippen molar-refractivity contribution in [2.24, 2.45) is 7.05 Å². The number of nitrogens with one attached hydrogen (secondary N) is 2. The maximum absolute atomic E-state index is 12.9. The summed E-state index contributed by atoms with van der Waals surface area (Å²) < 4.78 is 1.83. The Balaban J connectivity index is 1.62. The number of amides is 1. The summed E-state index contributed by atoms with van der Waals surface area (Å²) in [6, 6.07) is 9.99. The molecule has 0 aliphatic carbocycles. The standard InChI is InChI=1S/C21H26N6O/c1-4-27-11-5-6-18(27)25-21(28)17-12-16-19(22-13-23-20(16)26(17)3)24-15-9-7-14(2)8-10-15/h7-10,12-13,18H,4-6,11H2,1-3H3,(H,25,28)(H,22,23,24). The molecule has 1 aliphatic heterocycles. The summed E-state index contributed by atoms with van der Waals surface area (Å²) in [7, 11) is 1.87. The normalized spacial score (nSPS) is 17.2. The van der Waals surface area contributed by atoms with Crippen LogP contribution in [-0.2, 0) is 7.05 Å². The zero-order valence-electron chi connectivity index (χ0n) is 16.6. The SMILES string of the molecule is CCN1CCCC1NC(=O)c1cc2c(Nc3ccc(C)cc3)ncnc2n1C. The van der Waals surface area contributed by atoms with Crippen LogP contribution in [0.5, 0.6) is 0 Å². The van der Waals surface area contributed by atoms with Gasteiger partial charge in [0.05, 0.1) is 11.6 Å². The van der Waals surface area contributed by atoms with Crippen LogP contribution >= 0.6 is 0 Å². The fourth-order valence-electron chi connectivity index (χ4n) is 3.82. The second-order valence-electron chi connectivity index (χ2n) is 7.30. The number of hydrogen-bond acceptors (Lipinski definition) is 5. The van der Waals surface area contributed by atoms with Gasteiger partial charge in [-0.2, -0.15) is 0 Å². The van der Waals surface area contributed by atoms with Crippen molar-refractivity contribution in [1.82, 2.24) is 24.8 Å². The molecule has 2 N–H and O–H groups in total. The largest absolute Gasteiger partial charge is 0.340 e. The third-order valence-electron chi connectivity index (χ3n) is 5.44. The number of likely N-dealkylation sites (tertiary alicyclic amines) is 1. The molecule has 2 aromatic heterocycles. The highest BCUT2D eigenvalue weighted by molar-refractivity contribution is 6.01. The first-order chi connectivity index (χ1) is 13.6. The van der Waals surface area contributed by atoms with Gasteiger partial charge in [-0.05, 0) is 44.5 Å².